The molecule has 0 aliphatic heterocycles. The minimum atomic E-state index is -0.201. The summed E-state index contributed by atoms with van der Waals surface area (Å²) in [4.78, 5) is 13.7. The van der Waals surface area contributed by atoms with Gasteiger partial charge in [-0.3, -0.25) is 9.36 Å². The highest BCUT2D eigenvalue weighted by Gasteiger charge is 2.17. The number of carbonyl (C=O) groups is 1. The van der Waals surface area contributed by atoms with E-state index in [2.05, 4.69) is 21.6 Å². The second-order valence-corrected chi connectivity index (χ2v) is 8.85. The molecule has 1 N–H and O–H groups in total. The molecule has 0 aliphatic carbocycles. The smallest absolute Gasteiger partial charge is 0.234 e. The number of carbonyl (C=O) groups excluding carboxylic acids is 1. The normalized spacial score (nSPS) is 10.6. The number of nitrogens with zero attached hydrogens (tertiary/aromatic N) is 4. The summed E-state index contributed by atoms with van der Waals surface area (Å²) < 4.78 is 1.98. The van der Waals surface area contributed by atoms with Crippen LogP contribution in [0, 0.1) is 11.3 Å². The lowest BCUT2D eigenvalue weighted by Gasteiger charge is -2.10. The third-order valence-corrected chi connectivity index (χ3v) is 6.45. The van der Waals surface area contributed by atoms with Crippen LogP contribution in [0.4, 0.5) is 5.69 Å². The molecule has 154 valence electrons. The summed E-state index contributed by atoms with van der Waals surface area (Å²) in [5, 5.41) is 23.5. The zero-order chi connectivity index (χ0) is 21.6. The molecule has 31 heavy (non-hydrogen) atoms. The van der Waals surface area contributed by atoms with Crippen molar-refractivity contribution in [3.8, 4) is 11.8 Å². The van der Waals surface area contributed by atoms with Crippen LogP contribution in [0.1, 0.15) is 16.3 Å². The summed E-state index contributed by atoms with van der Waals surface area (Å²) in [5.74, 6) is 0.769. The first-order valence-corrected chi connectivity index (χ1v) is 11.5. The largest absolute Gasteiger partial charge is 0.325 e. The van der Waals surface area contributed by atoms with E-state index < -0.39 is 0 Å². The number of thiophene rings is 1. The molecule has 0 atom stereocenters. The highest BCUT2D eigenvalue weighted by atomic mass is 35.5. The van der Waals surface area contributed by atoms with Gasteiger partial charge in [-0.2, -0.15) is 5.26 Å². The van der Waals surface area contributed by atoms with Gasteiger partial charge in [-0.1, -0.05) is 47.6 Å². The van der Waals surface area contributed by atoms with Gasteiger partial charge in [0.2, 0.25) is 5.91 Å². The predicted octanol–water partition coefficient (Wildman–Crippen LogP) is 5.18. The summed E-state index contributed by atoms with van der Waals surface area (Å²) in [6.45, 7) is 0. The van der Waals surface area contributed by atoms with E-state index in [-0.39, 0.29) is 11.7 Å². The Kier molecular flexibility index (Phi) is 6.67. The van der Waals surface area contributed by atoms with Crippen molar-refractivity contribution < 1.29 is 4.79 Å². The van der Waals surface area contributed by atoms with Crippen LogP contribution in [-0.4, -0.2) is 26.4 Å². The molecule has 2 heterocycles. The highest BCUT2D eigenvalue weighted by Crippen LogP contribution is 2.25. The molecule has 0 radical (unpaired) electrons. The van der Waals surface area contributed by atoms with Crippen LogP contribution in [-0.2, 0) is 11.2 Å². The Morgan fingerprint density at radius 3 is 2.71 bits per heavy atom. The first-order chi connectivity index (χ1) is 15.1. The molecule has 0 fully saturated rings. The van der Waals surface area contributed by atoms with Crippen LogP contribution >= 0.6 is 34.7 Å². The highest BCUT2D eigenvalue weighted by molar-refractivity contribution is 7.99. The third kappa shape index (κ3) is 5.14. The Labute approximate surface area is 192 Å². The van der Waals surface area contributed by atoms with Crippen molar-refractivity contribution in [2.45, 2.75) is 11.6 Å². The Balaban J connectivity index is 1.50. The Morgan fingerprint density at radius 2 is 2.00 bits per heavy atom. The van der Waals surface area contributed by atoms with E-state index >= 15 is 0 Å². The van der Waals surface area contributed by atoms with E-state index in [4.69, 9.17) is 16.9 Å². The molecule has 0 saturated carbocycles. The predicted molar refractivity (Wildman–Crippen MR) is 124 cm³/mol. The molecule has 2 aromatic carbocycles. The molecule has 0 bridgehead atoms. The lowest BCUT2D eigenvalue weighted by atomic mass is 10.2. The first-order valence-electron chi connectivity index (χ1n) is 9.28. The van der Waals surface area contributed by atoms with E-state index in [1.807, 2.05) is 52.4 Å². The molecule has 2 aromatic heterocycles. The quantitative estimate of drug-likeness (QED) is 0.380. The van der Waals surface area contributed by atoms with Crippen LogP contribution in [0.25, 0.3) is 5.69 Å². The van der Waals surface area contributed by atoms with E-state index in [9.17, 15) is 4.79 Å². The molecule has 4 aromatic rings. The van der Waals surface area contributed by atoms with Gasteiger partial charge in [0.05, 0.1) is 16.3 Å². The summed E-state index contributed by atoms with van der Waals surface area (Å²) in [6, 6.07) is 20.7. The van der Waals surface area contributed by atoms with Crippen molar-refractivity contribution >= 4 is 46.3 Å². The SMILES string of the molecule is N#Cc1ccc(NC(=O)CSc2nnc(Cc3cccs3)n2-c2ccccc2)cc1Cl. The number of amides is 1. The van der Waals surface area contributed by atoms with Gasteiger partial charge in [0.15, 0.2) is 5.16 Å². The monoisotopic (exact) mass is 465 g/mol. The molecule has 1 amide bonds. The first kappa shape index (κ1) is 21.1. The summed E-state index contributed by atoms with van der Waals surface area (Å²) in [6.07, 6.45) is 0.663. The lowest BCUT2D eigenvalue weighted by molar-refractivity contribution is -0.113. The second-order valence-electron chi connectivity index (χ2n) is 6.47. The molecular formula is C22H16ClN5OS2. The fourth-order valence-corrected chi connectivity index (χ4v) is 4.62. The number of nitrogens with one attached hydrogen (secondary N) is 1. The number of nitriles is 1. The third-order valence-electron chi connectivity index (χ3n) is 4.33. The number of aromatic nitrogens is 3. The minimum Gasteiger partial charge on any atom is -0.325 e. The summed E-state index contributed by atoms with van der Waals surface area (Å²) in [7, 11) is 0. The van der Waals surface area contributed by atoms with Crippen LogP contribution in [0.3, 0.4) is 0 Å². The maximum atomic E-state index is 12.5. The Bertz CT molecular complexity index is 1230. The van der Waals surface area contributed by atoms with Gasteiger partial charge < -0.3 is 5.32 Å². The zero-order valence-corrected chi connectivity index (χ0v) is 18.5. The van der Waals surface area contributed by atoms with Crippen LogP contribution in [0.15, 0.2) is 71.2 Å². The molecule has 0 unspecified atom stereocenters. The molecule has 0 aliphatic rings. The van der Waals surface area contributed by atoms with E-state index in [0.717, 1.165) is 11.5 Å². The number of hydrogen-bond acceptors (Lipinski definition) is 6. The number of anilines is 1. The Hall–Kier alpha value is -3.12. The fraction of sp³-hybridized carbons (Fsp3) is 0.0909. The van der Waals surface area contributed by atoms with Gasteiger partial charge >= 0.3 is 0 Å². The maximum absolute atomic E-state index is 12.5. The average molecular weight is 466 g/mol. The topological polar surface area (TPSA) is 83.6 Å². The van der Waals surface area contributed by atoms with Crippen molar-refractivity contribution in [1.29, 1.82) is 5.26 Å². The number of para-hydroxylation sites is 1. The van der Waals surface area contributed by atoms with Gasteiger partial charge in [-0.05, 0) is 41.8 Å². The van der Waals surface area contributed by atoms with Crippen molar-refractivity contribution in [3.05, 3.63) is 87.3 Å². The molecule has 9 heteroatoms. The minimum absolute atomic E-state index is 0.154. The zero-order valence-electron chi connectivity index (χ0n) is 16.2. The van der Waals surface area contributed by atoms with Gasteiger partial charge in [0.25, 0.3) is 0 Å². The van der Waals surface area contributed by atoms with Crippen molar-refractivity contribution in [2.24, 2.45) is 0 Å². The van der Waals surface area contributed by atoms with Crippen LogP contribution < -0.4 is 5.32 Å². The maximum Gasteiger partial charge on any atom is 0.234 e. The molecule has 6 nitrogen and oxygen atoms in total. The molecular weight excluding hydrogens is 450 g/mol. The van der Waals surface area contributed by atoms with Crippen LogP contribution in [0.5, 0.6) is 0 Å². The summed E-state index contributed by atoms with van der Waals surface area (Å²) >= 11 is 9.02. The van der Waals surface area contributed by atoms with Gasteiger partial charge in [0.1, 0.15) is 11.9 Å². The molecule has 4 rings (SSSR count). The van der Waals surface area contributed by atoms with Gasteiger partial charge in [0, 0.05) is 22.7 Å². The Morgan fingerprint density at radius 1 is 1.16 bits per heavy atom. The van der Waals surface area contributed by atoms with Gasteiger partial charge in [-0.25, -0.2) is 0 Å². The number of hydrogen-bond donors (Lipinski definition) is 1. The number of halogens is 1. The van der Waals surface area contributed by atoms with Gasteiger partial charge in [-0.15, -0.1) is 21.5 Å². The standard InChI is InChI=1S/C22H16ClN5OS2/c23-19-11-16(9-8-15(19)13-24)25-21(29)14-31-22-27-26-20(12-18-7-4-10-30-18)28(22)17-5-2-1-3-6-17/h1-11H,12,14H2,(H,25,29). The molecule has 0 spiro atoms. The molecule has 0 saturated heterocycles. The number of benzene rings is 2. The van der Waals surface area contributed by atoms with Crippen molar-refractivity contribution in [1.82, 2.24) is 14.8 Å². The van der Waals surface area contributed by atoms with E-state index in [0.29, 0.717) is 27.9 Å². The van der Waals surface area contributed by atoms with E-state index in [1.165, 1.54) is 16.6 Å². The lowest BCUT2D eigenvalue weighted by Crippen LogP contribution is -2.14. The van der Waals surface area contributed by atoms with E-state index in [1.54, 1.807) is 29.5 Å². The van der Waals surface area contributed by atoms with Crippen LogP contribution in [0.2, 0.25) is 5.02 Å². The fourth-order valence-electron chi connectivity index (χ4n) is 2.92. The summed E-state index contributed by atoms with van der Waals surface area (Å²) in [5.41, 5.74) is 1.85. The average Bonchev–Trinajstić information content (AvgIpc) is 3.43. The van der Waals surface area contributed by atoms with Crippen molar-refractivity contribution in [2.75, 3.05) is 11.1 Å². The second kappa shape index (κ2) is 9.79. The van der Waals surface area contributed by atoms with Crippen molar-refractivity contribution in [3.63, 3.8) is 0 Å². The number of rotatable bonds is 7. The number of thioether (sulfide) groups is 1.